The molecular weight excluding hydrogens is 260 g/mol. The van der Waals surface area contributed by atoms with Crippen LogP contribution in [0.4, 0.5) is 0 Å². The first kappa shape index (κ1) is 14.8. The average Bonchev–Trinajstić information content (AvgIpc) is 2.74. The van der Waals surface area contributed by atoms with Gasteiger partial charge in [-0.15, -0.1) is 0 Å². The second-order valence-electron chi connectivity index (χ2n) is 4.41. The molecule has 1 aliphatic rings. The largest absolute Gasteiger partial charge is 0.354 e. The summed E-state index contributed by atoms with van der Waals surface area (Å²) in [6, 6.07) is -0.726. The first-order valence-corrected chi connectivity index (χ1v) is 8.82. The van der Waals surface area contributed by atoms with E-state index in [1.165, 1.54) is 6.42 Å². The van der Waals surface area contributed by atoms with E-state index in [4.69, 9.17) is 5.73 Å². The van der Waals surface area contributed by atoms with Crippen molar-refractivity contribution in [2.24, 2.45) is 5.73 Å². The van der Waals surface area contributed by atoms with Gasteiger partial charge in [0.15, 0.2) is 0 Å². The quantitative estimate of drug-likeness (QED) is 0.701. The highest BCUT2D eigenvalue weighted by Crippen LogP contribution is 2.25. The van der Waals surface area contributed by atoms with Crippen LogP contribution in [-0.2, 0) is 14.6 Å². The van der Waals surface area contributed by atoms with Crippen LogP contribution in [0.3, 0.4) is 0 Å². The van der Waals surface area contributed by atoms with Crippen molar-refractivity contribution in [1.82, 2.24) is 5.32 Å². The number of hydrogen-bond donors (Lipinski definition) is 2. The zero-order valence-electron chi connectivity index (χ0n) is 10.0. The van der Waals surface area contributed by atoms with E-state index in [1.54, 1.807) is 0 Å². The Hall–Kier alpha value is -0.270. The molecule has 0 spiro atoms. The van der Waals surface area contributed by atoms with Crippen LogP contribution in [0.15, 0.2) is 0 Å². The number of thioether (sulfide) groups is 1. The van der Waals surface area contributed by atoms with Crippen LogP contribution in [0.2, 0.25) is 0 Å². The summed E-state index contributed by atoms with van der Waals surface area (Å²) in [6.07, 6.45) is 3.66. The molecule has 0 bridgehead atoms. The lowest BCUT2D eigenvalue weighted by Gasteiger charge is -2.14. The summed E-state index contributed by atoms with van der Waals surface area (Å²) >= 11 is 1.86. The second-order valence-corrected chi connectivity index (χ2v) is 8.07. The minimum absolute atomic E-state index is 0.0419. The highest BCUT2D eigenvalue weighted by molar-refractivity contribution is 8.00. The minimum atomic E-state index is -3.05. The van der Waals surface area contributed by atoms with Crippen LogP contribution >= 0.6 is 11.8 Å². The van der Waals surface area contributed by atoms with Crippen molar-refractivity contribution < 1.29 is 13.2 Å². The number of nitrogens with one attached hydrogen (secondary N) is 1. The number of sulfone groups is 1. The van der Waals surface area contributed by atoms with Gasteiger partial charge in [0.1, 0.15) is 9.84 Å². The van der Waals surface area contributed by atoms with E-state index in [0.29, 0.717) is 11.8 Å². The van der Waals surface area contributed by atoms with Crippen molar-refractivity contribution in [3.8, 4) is 0 Å². The first-order valence-electron chi connectivity index (χ1n) is 5.71. The maximum atomic E-state index is 11.6. The molecule has 0 aliphatic carbocycles. The molecule has 17 heavy (non-hydrogen) atoms. The average molecular weight is 280 g/mol. The van der Waals surface area contributed by atoms with Crippen molar-refractivity contribution in [3.63, 3.8) is 0 Å². The van der Waals surface area contributed by atoms with Crippen LogP contribution in [0.5, 0.6) is 0 Å². The van der Waals surface area contributed by atoms with Gasteiger partial charge in [0, 0.05) is 18.1 Å². The van der Waals surface area contributed by atoms with Gasteiger partial charge in [-0.25, -0.2) is 8.42 Å². The van der Waals surface area contributed by atoms with Gasteiger partial charge in [-0.1, -0.05) is 0 Å². The Morgan fingerprint density at radius 3 is 2.82 bits per heavy atom. The van der Waals surface area contributed by atoms with E-state index < -0.39 is 15.9 Å². The Morgan fingerprint density at radius 2 is 2.29 bits per heavy atom. The fourth-order valence-corrected chi connectivity index (χ4v) is 3.51. The third-order valence-corrected chi connectivity index (χ3v) is 5.04. The minimum Gasteiger partial charge on any atom is -0.354 e. The van der Waals surface area contributed by atoms with Crippen LogP contribution in [0.1, 0.15) is 19.3 Å². The summed E-state index contributed by atoms with van der Waals surface area (Å²) in [5.41, 5.74) is 5.63. The maximum Gasteiger partial charge on any atom is 0.236 e. The summed E-state index contributed by atoms with van der Waals surface area (Å²) in [5, 5.41) is 3.27. The molecule has 1 saturated heterocycles. The summed E-state index contributed by atoms with van der Waals surface area (Å²) < 4.78 is 21.9. The number of amides is 1. The van der Waals surface area contributed by atoms with Gasteiger partial charge in [0.25, 0.3) is 0 Å². The summed E-state index contributed by atoms with van der Waals surface area (Å²) in [5.74, 6) is 0.863. The zero-order chi connectivity index (χ0) is 12.9. The SMILES string of the molecule is CS(=O)(=O)CCC(N)C(=O)NCC1CCCS1. The van der Waals surface area contributed by atoms with Crippen LogP contribution in [0.25, 0.3) is 0 Å². The van der Waals surface area contributed by atoms with E-state index >= 15 is 0 Å². The molecule has 1 fully saturated rings. The Balaban J connectivity index is 2.21. The Kier molecular flexibility index (Phi) is 5.75. The van der Waals surface area contributed by atoms with E-state index in [1.807, 2.05) is 11.8 Å². The Labute approximate surface area is 107 Å². The molecule has 7 heteroatoms. The van der Waals surface area contributed by atoms with Gasteiger partial charge in [-0.05, 0) is 25.0 Å². The monoisotopic (exact) mass is 280 g/mol. The fourth-order valence-electron chi connectivity index (χ4n) is 1.62. The van der Waals surface area contributed by atoms with Crippen molar-refractivity contribution in [2.45, 2.75) is 30.6 Å². The molecule has 0 aromatic heterocycles. The van der Waals surface area contributed by atoms with Crippen molar-refractivity contribution in [3.05, 3.63) is 0 Å². The topological polar surface area (TPSA) is 89.3 Å². The van der Waals surface area contributed by atoms with Gasteiger partial charge in [-0.3, -0.25) is 4.79 Å². The molecule has 3 N–H and O–H groups in total. The number of carbonyl (C=O) groups is 1. The van der Waals surface area contributed by atoms with E-state index in [-0.39, 0.29) is 18.1 Å². The van der Waals surface area contributed by atoms with E-state index in [0.717, 1.165) is 18.4 Å². The highest BCUT2D eigenvalue weighted by atomic mass is 32.2. The molecule has 0 aromatic rings. The summed E-state index contributed by atoms with van der Waals surface area (Å²) in [7, 11) is -3.05. The molecule has 5 nitrogen and oxygen atoms in total. The maximum absolute atomic E-state index is 11.6. The predicted octanol–water partition coefficient (Wildman–Crippen LogP) is -0.240. The molecule has 2 unspecified atom stereocenters. The number of hydrogen-bond acceptors (Lipinski definition) is 5. The van der Waals surface area contributed by atoms with Gasteiger partial charge < -0.3 is 11.1 Å². The lowest BCUT2D eigenvalue weighted by Crippen LogP contribution is -2.43. The van der Waals surface area contributed by atoms with Gasteiger partial charge in [0.2, 0.25) is 5.91 Å². The molecule has 1 aliphatic heterocycles. The van der Waals surface area contributed by atoms with Crippen LogP contribution < -0.4 is 11.1 Å². The third-order valence-electron chi connectivity index (χ3n) is 2.66. The third kappa shape index (κ3) is 6.28. The molecule has 1 heterocycles. The lowest BCUT2D eigenvalue weighted by atomic mass is 10.2. The molecule has 100 valence electrons. The molecule has 2 atom stereocenters. The zero-order valence-corrected chi connectivity index (χ0v) is 11.6. The molecule has 1 rings (SSSR count). The summed E-state index contributed by atoms with van der Waals surface area (Å²) in [4.78, 5) is 11.6. The molecule has 0 radical (unpaired) electrons. The van der Waals surface area contributed by atoms with E-state index in [2.05, 4.69) is 5.32 Å². The van der Waals surface area contributed by atoms with Crippen molar-refractivity contribution in [2.75, 3.05) is 24.3 Å². The van der Waals surface area contributed by atoms with Crippen molar-refractivity contribution >= 4 is 27.5 Å². The molecule has 0 saturated carbocycles. The van der Waals surface area contributed by atoms with Crippen LogP contribution in [0, 0.1) is 0 Å². The lowest BCUT2D eigenvalue weighted by molar-refractivity contribution is -0.122. The van der Waals surface area contributed by atoms with Gasteiger partial charge >= 0.3 is 0 Å². The van der Waals surface area contributed by atoms with Gasteiger partial charge in [-0.2, -0.15) is 11.8 Å². The number of carbonyl (C=O) groups excluding carboxylic acids is 1. The van der Waals surface area contributed by atoms with E-state index in [9.17, 15) is 13.2 Å². The standard InChI is InChI=1S/C10H20N2O3S2/c1-17(14,15)6-4-9(11)10(13)12-7-8-3-2-5-16-8/h8-9H,2-7,11H2,1H3,(H,12,13). The first-order chi connectivity index (χ1) is 7.88. The highest BCUT2D eigenvalue weighted by Gasteiger charge is 2.19. The normalized spacial score (nSPS) is 22.4. The molecular formula is C10H20N2O3S2. The van der Waals surface area contributed by atoms with Gasteiger partial charge in [0.05, 0.1) is 11.8 Å². The number of rotatable bonds is 6. The molecule has 1 amide bonds. The van der Waals surface area contributed by atoms with Crippen molar-refractivity contribution in [1.29, 1.82) is 0 Å². The number of nitrogens with two attached hydrogens (primary N) is 1. The molecule has 0 aromatic carbocycles. The Bertz CT molecular complexity index is 351. The predicted molar refractivity (Wildman–Crippen MR) is 70.8 cm³/mol. The second kappa shape index (κ2) is 6.61. The fraction of sp³-hybridized carbons (Fsp3) is 0.900. The van der Waals surface area contributed by atoms with Crippen LogP contribution in [-0.4, -0.2) is 49.9 Å². The summed E-state index contributed by atoms with van der Waals surface area (Å²) in [6.45, 7) is 0.635. The Morgan fingerprint density at radius 1 is 1.59 bits per heavy atom. The smallest absolute Gasteiger partial charge is 0.236 e.